The van der Waals surface area contributed by atoms with Gasteiger partial charge in [0.05, 0.1) is 12.0 Å². The molecule has 0 aliphatic carbocycles. The van der Waals surface area contributed by atoms with Gasteiger partial charge >= 0.3 is 0 Å². The average molecular weight is 274 g/mol. The molecule has 0 N–H and O–H groups in total. The summed E-state index contributed by atoms with van der Waals surface area (Å²) >= 11 is 5.86. The zero-order chi connectivity index (χ0) is 13.0. The van der Waals surface area contributed by atoms with Gasteiger partial charge < -0.3 is 9.64 Å². The standard InChI is InChI=1S/C14H24ClNO2/c1-2-13-12(7-10-18-13)14(17)16-9-4-3-5-11(16)6-8-15/h11-13H,2-10H2,1H3. The van der Waals surface area contributed by atoms with Gasteiger partial charge in [-0.25, -0.2) is 0 Å². The summed E-state index contributed by atoms with van der Waals surface area (Å²) in [6.07, 6.45) is 6.36. The first-order chi connectivity index (χ1) is 8.77. The molecule has 2 rings (SSSR count). The number of halogens is 1. The first-order valence-electron chi connectivity index (χ1n) is 7.26. The van der Waals surface area contributed by atoms with Gasteiger partial charge in [0.2, 0.25) is 5.91 Å². The van der Waals surface area contributed by atoms with Gasteiger partial charge in [0.1, 0.15) is 0 Å². The summed E-state index contributed by atoms with van der Waals surface area (Å²) in [5, 5.41) is 0. The van der Waals surface area contributed by atoms with Crippen LogP contribution in [-0.4, -0.2) is 42.0 Å². The molecule has 3 atom stereocenters. The van der Waals surface area contributed by atoms with Crippen LogP contribution in [0.2, 0.25) is 0 Å². The Kier molecular flexibility index (Phi) is 5.31. The van der Waals surface area contributed by atoms with Crippen LogP contribution in [0.3, 0.4) is 0 Å². The normalized spacial score (nSPS) is 32.8. The molecule has 0 bridgehead atoms. The Morgan fingerprint density at radius 2 is 2.22 bits per heavy atom. The maximum absolute atomic E-state index is 12.7. The number of hydrogen-bond acceptors (Lipinski definition) is 2. The van der Waals surface area contributed by atoms with E-state index >= 15 is 0 Å². The van der Waals surface area contributed by atoms with Gasteiger partial charge in [0.25, 0.3) is 0 Å². The molecule has 0 aromatic heterocycles. The first kappa shape index (κ1) is 14.1. The summed E-state index contributed by atoms with van der Waals surface area (Å²) in [6, 6.07) is 0.363. The quantitative estimate of drug-likeness (QED) is 0.737. The molecule has 2 heterocycles. The van der Waals surface area contributed by atoms with Gasteiger partial charge in [0, 0.05) is 25.1 Å². The van der Waals surface area contributed by atoms with Crippen molar-refractivity contribution in [3.05, 3.63) is 0 Å². The molecule has 4 heteroatoms. The fraction of sp³-hybridized carbons (Fsp3) is 0.929. The molecule has 0 spiro atoms. The van der Waals surface area contributed by atoms with E-state index in [9.17, 15) is 4.79 Å². The minimum Gasteiger partial charge on any atom is -0.377 e. The number of likely N-dealkylation sites (tertiary alicyclic amines) is 1. The van der Waals surface area contributed by atoms with Crippen molar-refractivity contribution in [2.45, 2.75) is 57.6 Å². The predicted octanol–water partition coefficient (Wildman–Crippen LogP) is 2.81. The van der Waals surface area contributed by atoms with Crippen molar-refractivity contribution in [3.8, 4) is 0 Å². The van der Waals surface area contributed by atoms with Crippen LogP contribution in [0.5, 0.6) is 0 Å². The Labute approximate surface area is 115 Å². The summed E-state index contributed by atoms with van der Waals surface area (Å²) in [4.78, 5) is 14.7. The third-order valence-electron chi connectivity index (χ3n) is 4.28. The molecule has 18 heavy (non-hydrogen) atoms. The van der Waals surface area contributed by atoms with E-state index in [-0.39, 0.29) is 12.0 Å². The smallest absolute Gasteiger partial charge is 0.228 e. The van der Waals surface area contributed by atoms with Crippen molar-refractivity contribution in [2.75, 3.05) is 19.0 Å². The fourth-order valence-corrected chi connectivity index (χ4v) is 3.51. The van der Waals surface area contributed by atoms with Gasteiger partial charge in [-0.15, -0.1) is 11.6 Å². The van der Waals surface area contributed by atoms with Gasteiger partial charge in [-0.2, -0.15) is 0 Å². The highest BCUT2D eigenvalue weighted by Gasteiger charge is 2.38. The van der Waals surface area contributed by atoms with E-state index in [1.165, 1.54) is 6.42 Å². The molecule has 0 aromatic rings. The third-order valence-corrected chi connectivity index (χ3v) is 4.50. The lowest BCUT2D eigenvalue weighted by atomic mass is 9.93. The lowest BCUT2D eigenvalue weighted by molar-refractivity contribution is -0.141. The van der Waals surface area contributed by atoms with E-state index in [0.717, 1.165) is 45.3 Å². The molecule has 1 amide bonds. The van der Waals surface area contributed by atoms with Gasteiger partial charge in [-0.05, 0) is 38.5 Å². The summed E-state index contributed by atoms with van der Waals surface area (Å²) in [7, 11) is 0. The second-order valence-electron chi connectivity index (χ2n) is 5.37. The number of rotatable bonds is 4. The van der Waals surface area contributed by atoms with E-state index in [2.05, 4.69) is 11.8 Å². The summed E-state index contributed by atoms with van der Waals surface area (Å²) in [5.41, 5.74) is 0. The molecule has 104 valence electrons. The Balaban J connectivity index is 2.01. The number of ether oxygens (including phenoxy) is 1. The topological polar surface area (TPSA) is 29.5 Å². The monoisotopic (exact) mass is 273 g/mol. The summed E-state index contributed by atoms with van der Waals surface area (Å²) in [6.45, 7) is 3.75. The van der Waals surface area contributed by atoms with Crippen molar-refractivity contribution in [1.29, 1.82) is 0 Å². The third kappa shape index (κ3) is 3.00. The zero-order valence-electron chi connectivity index (χ0n) is 11.2. The van der Waals surface area contributed by atoms with E-state index in [0.29, 0.717) is 17.8 Å². The minimum atomic E-state index is 0.0888. The van der Waals surface area contributed by atoms with E-state index < -0.39 is 0 Å². The molecule has 2 saturated heterocycles. The van der Waals surface area contributed by atoms with Crippen LogP contribution in [0.4, 0.5) is 0 Å². The van der Waals surface area contributed by atoms with Crippen LogP contribution in [0, 0.1) is 5.92 Å². The highest BCUT2D eigenvalue weighted by molar-refractivity contribution is 6.17. The van der Waals surface area contributed by atoms with Gasteiger partial charge in [-0.3, -0.25) is 4.79 Å². The minimum absolute atomic E-state index is 0.0888. The Morgan fingerprint density at radius 3 is 2.94 bits per heavy atom. The van der Waals surface area contributed by atoms with Gasteiger partial charge in [0.15, 0.2) is 0 Å². The first-order valence-corrected chi connectivity index (χ1v) is 7.79. The van der Waals surface area contributed by atoms with Crippen LogP contribution < -0.4 is 0 Å². The molecule has 0 aromatic carbocycles. The lowest BCUT2D eigenvalue weighted by Crippen LogP contribution is -2.48. The number of nitrogens with zero attached hydrogens (tertiary/aromatic N) is 1. The number of hydrogen-bond donors (Lipinski definition) is 0. The molecule has 0 radical (unpaired) electrons. The van der Waals surface area contributed by atoms with Crippen molar-refractivity contribution < 1.29 is 9.53 Å². The predicted molar refractivity (Wildman–Crippen MR) is 72.8 cm³/mol. The van der Waals surface area contributed by atoms with Gasteiger partial charge in [-0.1, -0.05) is 6.92 Å². The molecule has 0 saturated carbocycles. The number of piperidine rings is 1. The Hall–Kier alpha value is -0.280. The van der Waals surface area contributed by atoms with Crippen LogP contribution in [0.25, 0.3) is 0 Å². The maximum atomic E-state index is 12.7. The molecule has 3 unspecified atom stereocenters. The molecule has 2 aliphatic heterocycles. The lowest BCUT2D eigenvalue weighted by Gasteiger charge is -2.37. The van der Waals surface area contributed by atoms with Crippen molar-refractivity contribution >= 4 is 17.5 Å². The second kappa shape index (κ2) is 6.76. The fourth-order valence-electron chi connectivity index (χ4n) is 3.26. The van der Waals surface area contributed by atoms with Crippen LogP contribution in [-0.2, 0) is 9.53 Å². The van der Waals surface area contributed by atoms with Crippen LogP contribution in [0.15, 0.2) is 0 Å². The van der Waals surface area contributed by atoms with Crippen molar-refractivity contribution in [2.24, 2.45) is 5.92 Å². The van der Waals surface area contributed by atoms with E-state index in [4.69, 9.17) is 16.3 Å². The number of alkyl halides is 1. The molecular weight excluding hydrogens is 250 g/mol. The molecule has 2 aliphatic rings. The summed E-state index contributed by atoms with van der Waals surface area (Å²) in [5.74, 6) is 1.05. The zero-order valence-corrected chi connectivity index (χ0v) is 12.0. The second-order valence-corrected chi connectivity index (χ2v) is 5.75. The number of amides is 1. The van der Waals surface area contributed by atoms with Crippen LogP contribution >= 0.6 is 11.6 Å². The highest BCUT2D eigenvalue weighted by Crippen LogP contribution is 2.29. The maximum Gasteiger partial charge on any atom is 0.228 e. The SMILES string of the molecule is CCC1OCCC1C(=O)N1CCCCC1CCCl. The molecular formula is C14H24ClNO2. The highest BCUT2D eigenvalue weighted by atomic mass is 35.5. The molecule has 2 fully saturated rings. The Morgan fingerprint density at radius 1 is 1.39 bits per heavy atom. The Bertz CT molecular complexity index is 283. The van der Waals surface area contributed by atoms with E-state index in [1.807, 2.05) is 0 Å². The largest absolute Gasteiger partial charge is 0.377 e. The van der Waals surface area contributed by atoms with Crippen molar-refractivity contribution in [3.63, 3.8) is 0 Å². The van der Waals surface area contributed by atoms with Crippen LogP contribution in [0.1, 0.15) is 45.4 Å². The van der Waals surface area contributed by atoms with Crippen molar-refractivity contribution in [1.82, 2.24) is 4.90 Å². The van der Waals surface area contributed by atoms with E-state index in [1.54, 1.807) is 0 Å². The number of carbonyl (C=O) groups excluding carboxylic acids is 1. The summed E-state index contributed by atoms with van der Waals surface area (Å²) < 4.78 is 5.65. The average Bonchev–Trinajstić information content (AvgIpc) is 2.87. The molecule has 3 nitrogen and oxygen atoms in total. The number of carbonyl (C=O) groups is 1.